The number of aromatic nitrogens is 2. The molecule has 0 radical (unpaired) electrons. The van der Waals surface area contributed by atoms with Crippen LogP contribution in [0.5, 0.6) is 0 Å². The Kier molecular flexibility index (Phi) is 3.76. The second kappa shape index (κ2) is 5.48. The predicted octanol–water partition coefficient (Wildman–Crippen LogP) is 2.82. The average Bonchev–Trinajstić information content (AvgIpc) is 2.86. The molecule has 2 rings (SSSR count). The summed E-state index contributed by atoms with van der Waals surface area (Å²) < 4.78 is 17.9. The highest BCUT2D eigenvalue weighted by Crippen LogP contribution is 2.17. The third-order valence-corrected chi connectivity index (χ3v) is 2.55. The maximum atomic E-state index is 12.8. The van der Waals surface area contributed by atoms with Crippen LogP contribution in [0.1, 0.15) is 31.5 Å². The molecule has 0 aliphatic heterocycles. The van der Waals surface area contributed by atoms with Crippen LogP contribution in [0.15, 0.2) is 28.8 Å². The Balaban J connectivity index is 2.15. The SMILES string of the molecule is CC(C)c1noc(CN(C#N)c2ccc(F)cc2)n1. The van der Waals surface area contributed by atoms with Gasteiger partial charge in [0.2, 0.25) is 5.89 Å². The fraction of sp³-hybridized carbons (Fsp3) is 0.308. The maximum absolute atomic E-state index is 12.8. The predicted molar refractivity (Wildman–Crippen MR) is 66.6 cm³/mol. The minimum atomic E-state index is -0.346. The Labute approximate surface area is 110 Å². The topological polar surface area (TPSA) is 66.0 Å². The van der Waals surface area contributed by atoms with Gasteiger partial charge in [0.25, 0.3) is 0 Å². The summed E-state index contributed by atoms with van der Waals surface area (Å²) >= 11 is 0. The molecule has 1 heterocycles. The van der Waals surface area contributed by atoms with E-state index < -0.39 is 0 Å². The van der Waals surface area contributed by atoms with E-state index in [2.05, 4.69) is 10.1 Å². The summed E-state index contributed by atoms with van der Waals surface area (Å²) in [6.07, 6.45) is 2.01. The number of rotatable bonds is 4. The fourth-order valence-corrected chi connectivity index (χ4v) is 1.51. The molecule has 1 aromatic carbocycles. The molecule has 6 heteroatoms. The zero-order chi connectivity index (χ0) is 13.8. The summed E-state index contributed by atoms with van der Waals surface area (Å²) in [5.41, 5.74) is 0.577. The van der Waals surface area contributed by atoms with Crippen LogP contribution in [-0.2, 0) is 6.54 Å². The van der Waals surface area contributed by atoms with Crippen molar-refractivity contribution in [1.82, 2.24) is 10.1 Å². The van der Waals surface area contributed by atoms with Crippen LogP contribution in [0.4, 0.5) is 10.1 Å². The van der Waals surface area contributed by atoms with Gasteiger partial charge in [0.15, 0.2) is 12.0 Å². The summed E-state index contributed by atoms with van der Waals surface area (Å²) in [5.74, 6) is 0.780. The van der Waals surface area contributed by atoms with Crippen molar-refractivity contribution >= 4 is 5.69 Å². The van der Waals surface area contributed by atoms with Crippen molar-refractivity contribution in [1.29, 1.82) is 5.26 Å². The molecule has 2 aromatic rings. The molecule has 0 amide bonds. The van der Waals surface area contributed by atoms with E-state index in [9.17, 15) is 4.39 Å². The molecular formula is C13H13FN4O. The minimum Gasteiger partial charge on any atom is -0.337 e. The van der Waals surface area contributed by atoms with E-state index in [0.29, 0.717) is 17.4 Å². The molecule has 0 unspecified atom stereocenters. The lowest BCUT2D eigenvalue weighted by Gasteiger charge is -2.12. The van der Waals surface area contributed by atoms with E-state index in [1.165, 1.54) is 29.2 Å². The molecule has 0 aliphatic rings. The normalized spacial score (nSPS) is 10.5. The third kappa shape index (κ3) is 3.07. The fourth-order valence-electron chi connectivity index (χ4n) is 1.51. The molecule has 5 nitrogen and oxygen atoms in total. The van der Waals surface area contributed by atoms with Gasteiger partial charge >= 0.3 is 0 Å². The summed E-state index contributed by atoms with van der Waals surface area (Å²) in [6.45, 7) is 4.08. The van der Waals surface area contributed by atoms with Crippen molar-refractivity contribution in [3.8, 4) is 6.19 Å². The van der Waals surface area contributed by atoms with Gasteiger partial charge in [-0.3, -0.25) is 4.90 Å². The summed E-state index contributed by atoms with van der Waals surface area (Å²) in [5, 5.41) is 12.9. The molecule has 0 bridgehead atoms. The van der Waals surface area contributed by atoms with E-state index in [1.54, 1.807) is 0 Å². The molecule has 1 aromatic heterocycles. The van der Waals surface area contributed by atoms with E-state index in [4.69, 9.17) is 9.78 Å². The number of nitrogens with zero attached hydrogens (tertiary/aromatic N) is 4. The van der Waals surface area contributed by atoms with Gasteiger partial charge in [0.05, 0.1) is 5.69 Å². The number of benzene rings is 1. The lowest BCUT2D eigenvalue weighted by molar-refractivity contribution is 0.372. The van der Waals surface area contributed by atoms with Crippen LogP contribution in [0.25, 0.3) is 0 Å². The van der Waals surface area contributed by atoms with Crippen LogP contribution in [0.2, 0.25) is 0 Å². The van der Waals surface area contributed by atoms with Gasteiger partial charge < -0.3 is 4.52 Å². The first-order valence-corrected chi connectivity index (χ1v) is 5.85. The van der Waals surface area contributed by atoms with Gasteiger partial charge in [-0.05, 0) is 24.3 Å². The summed E-state index contributed by atoms with van der Waals surface area (Å²) in [4.78, 5) is 5.55. The van der Waals surface area contributed by atoms with Crippen molar-refractivity contribution in [2.75, 3.05) is 4.90 Å². The van der Waals surface area contributed by atoms with Gasteiger partial charge in [0.1, 0.15) is 12.4 Å². The number of nitriles is 1. The van der Waals surface area contributed by atoms with Crippen molar-refractivity contribution < 1.29 is 8.91 Å². The van der Waals surface area contributed by atoms with Gasteiger partial charge in [-0.2, -0.15) is 10.2 Å². The van der Waals surface area contributed by atoms with Gasteiger partial charge in [-0.1, -0.05) is 19.0 Å². The van der Waals surface area contributed by atoms with E-state index >= 15 is 0 Å². The average molecular weight is 260 g/mol. The van der Waals surface area contributed by atoms with Crippen LogP contribution in [0.3, 0.4) is 0 Å². The maximum Gasteiger partial charge on any atom is 0.247 e. The van der Waals surface area contributed by atoms with E-state index in [0.717, 1.165) is 0 Å². The number of hydrogen-bond donors (Lipinski definition) is 0. The van der Waals surface area contributed by atoms with Gasteiger partial charge in [-0.25, -0.2) is 4.39 Å². The monoisotopic (exact) mass is 260 g/mol. The van der Waals surface area contributed by atoms with Gasteiger partial charge in [-0.15, -0.1) is 0 Å². The second-order valence-corrected chi connectivity index (χ2v) is 4.36. The van der Waals surface area contributed by atoms with Crippen LogP contribution in [-0.4, -0.2) is 10.1 Å². The molecule has 0 N–H and O–H groups in total. The van der Waals surface area contributed by atoms with Crippen molar-refractivity contribution in [2.45, 2.75) is 26.3 Å². The summed E-state index contributed by atoms with van der Waals surface area (Å²) in [7, 11) is 0. The molecular weight excluding hydrogens is 247 g/mol. The smallest absolute Gasteiger partial charge is 0.247 e. The molecule has 19 heavy (non-hydrogen) atoms. The van der Waals surface area contributed by atoms with Crippen molar-refractivity contribution in [3.05, 3.63) is 41.8 Å². The van der Waals surface area contributed by atoms with Crippen LogP contribution < -0.4 is 4.90 Å². The standard InChI is InChI=1S/C13H13FN4O/c1-9(2)13-16-12(19-17-13)7-18(8-15)11-5-3-10(14)4-6-11/h3-6,9H,7H2,1-2H3. The van der Waals surface area contributed by atoms with Gasteiger partial charge in [0, 0.05) is 5.92 Å². The Morgan fingerprint density at radius 3 is 2.58 bits per heavy atom. The number of hydrogen-bond acceptors (Lipinski definition) is 5. The molecule has 0 fully saturated rings. The van der Waals surface area contributed by atoms with Crippen molar-refractivity contribution in [2.24, 2.45) is 0 Å². The quantitative estimate of drug-likeness (QED) is 0.624. The Hall–Kier alpha value is -2.42. The molecule has 0 saturated carbocycles. The van der Waals surface area contributed by atoms with E-state index in [1.807, 2.05) is 20.0 Å². The lowest BCUT2D eigenvalue weighted by atomic mass is 10.2. The van der Waals surface area contributed by atoms with Crippen LogP contribution in [0, 0.1) is 17.3 Å². The lowest BCUT2D eigenvalue weighted by Crippen LogP contribution is -2.16. The molecule has 98 valence electrons. The highest BCUT2D eigenvalue weighted by molar-refractivity contribution is 5.49. The zero-order valence-corrected chi connectivity index (χ0v) is 10.7. The number of halogens is 1. The number of anilines is 1. The minimum absolute atomic E-state index is 0.166. The molecule has 0 saturated heterocycles. The zero-order valence-electron chi connectivity index (χ0n) is 10.7. The molecule has 0 aliphatic carbocycles. The molecule has 0 spiro atoms. The Morgan fingerprint density at radius 2 is 2.05 bits per heavy atom. The summed E-state index contributed by atoms with van der Waals surface area (Å²) in [6, 6.07) is 5.65. The second-order valence-electron chi connectivity index (χ2n) is 4.36. The largest absolute Gasteiger partial charge is 0.337 e. The Morgan fingerprint density at radius 1 is 1.37 bits per heavy atom. The first-order valence-electron chi connectivity index (χ1n) is 5.85. The third-order valence-electron chi connectivity index (χ3n) is 2.55. The first kappa shape index (κ1) is 13.0. The van der Waals surface area contributed by atoms with Crippen LogP contribution >= 0.6 is 0 Å². The highest BCUT2D eigenvalue weighted by atomic mass is 19.1. The Bertz CT molecular complexity index is 585. The van der Waals surface area contributed by atoms with E-state index in [-0.39, 0.29) is 18.3 Å². The molecule has 0 atom stereocenters. The highest BCUT2D eigenvalue weighted by Gasteiger charge is 2.14. The first-order chi connectivity index (χ1) is 9.10. The van der Waals surface area contributed by atoms with Crippen molar-refractivity contribution in [3.63, 3.8) is 0 Å².